The lowest BCUT2D eigenvalue weighted by Crippen LogP contribution is -2.20. The van der Waals surface area contributed by atoms with Crippen LogP contribution in [0.3, 0.4) is 0 Å². The number of hydrogen-bond acceptors (Lipinski definition) is 3. The fraction of sp³-hybridized carbons (Fsp3) is 0.167. The van der Waals surface area contributed by atoms with Crippen molar-refractivity contribution < 1.29 is 14.3 Å². The number of carboxylic acids is 1. The van der Waals surface area contributed by atoms with Gasteiger partial charge in [-0.1, -0.05) is 0 Å². The van der Waals surface area contributed by atoms with Gasteiger partial charge in [0.15, 0.2) is 0 Å². The number of pyridine rings is 1. The van der Waals surface area contributed by atoms with Crippen molar-refractivity contribution in [1.29, 1.82) is 0 Å². The molecule has 0 saturated carbocycles. The van der Waals surface area contributed by atoms with Crippen LogP contribution in [0.5, 0.6) is 0 Å². The maximum absolute atomic E-state index is 11.9. The van der Waals surface area contributed by atoms with E-state index in [9.17, 15) is 9.59 Å². The molecule has 0 amide bonds. The molecule has 0 bridgehead atoms. The molecule has 0 aromatic carbocycles. The van der Waals surface area contributed by atoms with E-state index in [0.717, 1.165) is 4.47 Å². The number of nitrogens with zero attached hydrogens (tertiary/aromatic N) is 1. The van der Waals surface area contributed by atoms with Gasteiger partial charge in [0.1, 0.15) is 5.76 Å². The van der Waals surface area contributed by atoms with E-state index in [1.165, 1.54) is 4.57 Å². The van der Waals surface area contributed by atoms with Gasteiger partial charge in [-0.15, -0.1) is 0 Å². The zero-order valence-electron chi connectivity index (χ0n) is 9.81. The summed E-state index contributed by atoms with van der Waals surface area (Å²) in [6.07, 6.45) is 1.62. The van der Waals surface area contributed by atoms with Crippen LogP contribution < -0.4 is 5.56 Å². The van der Waals surface area contributed by atoms with E-state index in [1.807, 2.05) is 0 Å². The minimum Gasteiger partial charge on any atom is -0.475 e. The average Bonchev–Trinajstić information content (AvgIpc) is 2.66. The highest BCUT2D eigenvalue weighted by Gasteiger charge is 2.15. The number of hydrogen-bond donors (Lipinski definition) is 1. The summed E-state index contributed by atoms with van der Waals surface area (Å²) in [5.41, 5.74) is 0.318. The first-order chi connectivity index (χ1) is 8.88. The second-order valence-electron chi connectivity index (χ2n) is 3.97. The summed E-state index contributed by atoms with van der Waals surface area (Å²) < 4.78 is 7.81. The van der Waals surface area contributed by atoms with Gasteiger partial charge in [-0.05, 0) is 50.9 Å². The molecule has 5 nitrogen and oxygen atoms in total. The number of carbonyl (C=O) groups is 1. The molecule has 0 saturated heterocycles. The van der Waals surface area contributed by atoms with E-state index < -0.39 is 5.97 Å². The Balaban J connectivity index is 2.39. The molecule has 0 spiro atoms. The van der Waals surface area contributed by atoms with Gasteiger partial charge >= 0.3 is 5.97 Å². The Bertz CT molecular complexity index is 702. The van der Waals surface area contributed by atoms with E-state index >= 15 is 0 Å². The Kier molecular flexibility index (Phi) is 3.96. The van der Waals surface area contributed by atoms with Gasteiger partial charge in [0, 0.05) is 16.2 Å². The number of furan rings is 1. The molecule has 1 N–H and O–H groups in total. The van der Waals surface area contributed by atoms with E-state index in [4.69, 9.17) is 9.52 Å². The lowest BCUT2D eigenvalue weighted by atomic mass is 10.2. The highest BCUT2D eigenvalue weighted by molar-refractivity contribution is 9.11. The predicted octanol–water partition coefficient (Wildman–Crippen LogP) is 3.02. The fourth-order valence-corrected chi connectivity index (χ4v) is 2.95. The summed E-state index contributed by atoms with van der Waals surface area (Å²) in [5, 5.41) is 8.91. The lowest BCUT2D eigenvalue weighted by Gasteiger charge is -2.04. The first-order valence-corrected chi connectivity index (χ1v) is 6.85. The molecule has 0 aliphatic carbocycles. The number of halogens is 2. The molecule has 0 aliphatic heterocycles. The highest BCUT2D eigenvalue weighted by atomic mass is 79.9. The van der Waals surface area contributed by atoms with Crippen molar-refractivity contribution >= 4 is 37.8 Å². The quantitative estimate of drug-likeness (QED) is 0.874. The van der Waals surface area contributed by atoms with Crippen LogP contribution in [0.2, 0.25) is 0 Å². The molecule has 7 heteroatoms. The van der Waals surface area contributed by atoms with E-state index in [-0.39, 0.29) is 17.9 Å². The van der Waals surface area contributed by atoms with Crippen LogP contribution in [0.25, 0.3) is 0 Å². The molecule has 0 fully saturated rings. The Labute approximate surface area is 125 Å². The standard InChI is InChI=1S/C12H9Br2NO4/c1-6-2-8(19-10(6)12(17)18)5-15-4-7(13)3-9(14)11(15)16/h2-4H,5H2,1H3,(H,17,18). The topological polar surface area (TPSA) is 72.4 Å². The smallest absolute Gasteiger partial charge is 0.372 e. The largest absolute Gasteiger partial charge is 0.475 e. The normalized spacial score (nSPS) is 10.7. The summed E-state index contributed by atoms with van der Waals surface area (Å²) in [4.78, 5) is 22.8. The molecule has 2 aromatic rings. The molecule has 0 aliphatic rings. The van der Waals surface area contributed by atoms with E-state index in [1.54, 1.807) is 25.3 Å². The molecular formula is C12H9Br2NO4. The van der Waals surface area contributed by atoms with E-state index in [0.29, 0.717) is 15.8 Å². The Morgan fingerprint density at radius 3 is 2.68 bits per heavy atom. The zero-order chi connectivity index (χ0) is 14.2. The monoisotopic (exact) mass is 389 g/mol. The molecule has 0 atom stereocenters. The maximum atomic E-state index is 11.9. The van der Waals surface area contributed by atoms with Crippen LogP contribution in [0.15, 0.2) is 36.5 Å². The van der Waals surface area contributed by atoms with Crippen LogP contribution in [-0.2, 0) is 6.54 Å². The minimum absolute atomic E-state index is 0.0999. The Morgan fingerprint density at radius 1 is 1.42 bits per heavy atom. The number of aryl methyl sites for hydroxylation is 1. The third kappa shape index (κ3) is 2.98. The van der Waals surface area contributed by atoms with Gasteiger partial charge < -0.3 is 14.1 Å². The minimum atomic E-state index is -1.12. The van der Waals surface area contributed by atoms with Crippen LogP contribution in [-0.4, -0.2) is 15.6 Å². The van der Waals surface area contributed by atoms with Crippen molar-refractivity contribution in [2.24, 2.45) is 0 Å². The molecule has 100 valence electrons. The molecule has 0 unspecified atom stereocenters. The van der Waals surface area contributed by atoms with Gasteiger partial charge in [0.25, 0.3) is 5.56 Å². The molecule has 19 heavy (non-hydrogen) atoms. The van der Waals surface area contributed by atoms with Crippen molar-refractivity contribution in [2.45, 2.75) is 13.5 Å². The molecular weight excluding hydrogens is 382 g/mol. The van der Waals surface area contributed by atoms with Crippen LogP contribution >= 0.6 is 31.9 Å². The summed E-state index contributed by atoms with van der Waals surface area (Å²) in [6, 6.07) is 3.26. The Morgan fingerprint density at radius 2 is 2.11 bits per heavy atom. The number of rotatable bonds is 3. The van der Waals surface area contributed by atoms with Gasteiger partial charge in [-0.2, -0.15) is 0 Å². The van der Waals surface area contributed by atoms with Crippen molar-refractivity contribution in [1.82, 2.24) is 4.57 Å². The molecule has 2 rings (SSSR count). The maximum Gasteiger partial charge on any atom is 0.372 e. The molecule has 2 heterocycles. The zero-order valence-corrected chi connectivity index (χ0v) is 13.0. The van der Waals surface area contributed by atoms with Gasteiger partial charge in [0.05, 0.1) is 11.0 Å². The van der Waals surface area contributed by atoms with Crippen molar-refractivity contribution in [3.05, 3.63) is 54.7 Å². The Hall–Kier alpha value is -1.34. The second kappa shape index (κ2) is 5.34. The summed E-state index contributed by atoms with van der Waals surface area (Å²) in [6.45, 7) is 1.82. The SMILES string of the molecule is Cc1cc(Cn2cc(Br)cc(Br)c2=O)oc1C(=O)O. The number of carboxylic acid groups (broad SMARTS) is 1. The molecule has 0 radical (unpaired) electrons. The average molecular weight is 391 g/mol. The third-order valence-corrected chi connectivity index (χ3v) is 3.50. The van der Waals surface area contributed by atoms with Crippen molar-refractivity contribution in [2.75, 3.05) is 0 Å². The van der Waals surface area contributed by atoms with Crippen molar-refractivity contribution in [3.8, 4) is 0 Å². The number of aromatic carboxylic acids is 1. The van der Waals surface area contributed by atoms with Crippen molar-refractivity contribution in [3.63, 3.8) is 0 Å². The second-order valence-corrected chi connectivity index (χ2v) is 5.74. The highest BCUT2D eigenvalue weighted by Crippen LogP contribution is 2.17. The lowest BCUT2D eigenvalue weighted by molar-refractivity contribution is 0.0659. The van der Waals surface area contributed by atoms with Gasteiger partial charge in [-0.25, -0.2) is 4.79 Å². The third-order valence-electron chi connectivity index (χ3n) is 2.50. The van der Waals surface area contributed by atoms with Crippen LogP contribution in [0, 0.1) is 6.92 Å². The van der Waals surface area contributed by atoms with Crippen LogP contribution in [0.1, 0.15) is 21.9 Å². The van der Waals surface area contributed by atoms with Gasteiger partial charge in [0.2, 0.25) is 5.76 Å². The fourth-order valence-electron chi connectivity index (χ4n) is 1.69. The summed E-state index contributed by atoms with van der Waals surface area (Å²) >= 11 is 6.45. The first kappa shape index (κ1) is 14.1. The predicted molar refractivity (Wildman–Crippen MR) is 75.6 cm³/mol. The van der Waals surface area contributed by atoms with E-state index in [2.05, 4.69) is 31.9 Å². The van der Waals surface area contributed by atoms with Crippen LogP contribution in [0.4, 0.5) is 0 Å². The number of aromatic nitrogens is 1. The first-order valence-electron chi connectivity index (χ1n) is 5.26. The van der Waals surface area contributed by atoms with Gasteiger partial charge in [-0.3, -0.25) is 4.79 Å². The summed E-state index contributed by atoms with van der Waals surface area (Å²) in [5.74, 6) is -0.800. The summed E-state index contributed by atoms with van der Waals surface area (Å²) in [7, 11) is 0. The molecule has 2 aromatic heterocycles.